The molecule has 1 aliphatic rings. The summed E-state index contributed by atoms with van der Waals surface area (Å²) in [7, 11) is 1.92. The predicted molar refractivity (Wildman–Crippen MR) is 62.3 cm³/mol. The minimum absolute atomic E-state index is 0.0616. The zero-order valence-corrected chi connectivity index (χ0v) is 9.55. The van der Waals surface area contributed by atoms with E-state index in [1.807, 2.05) is 11.9 Å². The van der Waals surface area contributed by atoms with E-state index in [1.54, 1.807) is 6.07 Å². The van der Waals surface area contributed by atoms with Gasteiger partial charge in [-0.2, -0.15) is 0 Å². The number of fused-ring (bicyclic) bond motifs is 1. The molecule has 1 aliphatic heterocycles. The number of phenolic OH excluding ortho intramolecular Hbond substituents is 1. The molecule has 0 amide bonds. The van der Waals surface area contributed by atoms with Gasteiger partial charge in [-0.1, -0.05) is 6.07 Å². The average Bonchev–Trinajstić information content (AvgIpc) is 2.30. The quantitative estimate of drug-likeness (QED) is 0.711. The Morgan fingerprint density at radius 3 is 2.82 bits per heavy atom. The summed E-state index contributed by atoms with van der Waals surface area (Å²) in [5.74, 6) is -1.45. The number of hydrogen-bond acceptors (Lipinski definition) is 4. The van der Waals surface area contributed by atoms with Crippen molar-refractivity contribution in [1.29, 1.82) is 0 Å². The number of carboxylic acid groups (broad SMARTS) is 1. The lowest BCUT2D eigenvalue weighted by Gasteiger charge is -2.29. The number of nitrogens with zero attached hydrogens (tertiary/aromatic N) is 1. The molecule has 0 aliphatic carbocycles. The van der Waals surface area contributed by atoms with Crippen LogP contribution in [-0.2, 0) is 11.2 Å². The number of hydrogen-bond donors (Lipinski definition) is 3. The molecule has 0 saturated heterocycles. The second kappa shape index (κ2) is 4.25. The lowest BCUT2D eigenvalue weighted by Crippen LogP contribution is -2.25. The SMILES string of the molecule is CN1CCCc2c1ccc(C(O)C(=O)O)c2O. The van der Waals surface area contributed by atoms with Crippen molar-refractivity contribution in [3.8, 4) is 5.75 Å². The summed E-state index contributed by atoms with van der Waals surface area (Å²) in [6, 6.07) is 3.21. The van der Waals surface area contributed by atoms with Crippen molar-refractivity contribution in [1.82, 2.24) is 0 Å². The fourth-order valence-corrected chi connectivity index (χ4v) is 2.22. The summed E-state index contributed by atoms with van der Waals surface area (Å²) in [5, 5.41) is 28.2. The fourth-order valence-electron chi connectivity index (χ4n) is 2.22. The molecule has 2 rings (SSSR count). The molecule has 0 spiro atoms. The molecule has 0 fully saturated rings. The van der Waals surface area contributed by atoms with Crippen LogP contribution in [0.4, 0.5) is 5.69 Å². The van der Waals surface area contributed by atoms with Crippen LogP contribution in [-0.4, -0.2) is 34.9 Å². The van der Waals surface area contributed by atoms with Crippen molar-refractivity contribution in [3.63, 3.8) is 0 Å². The molecular formula is C12H15NO4. The standard InChI is InChI=1S/C12H15NO4/c1-13-6-2-3-7-9(13)5-4-8(10(7)14)11(15)12(16)17/h4-5,11,14-15H,2-3,6H2,1H3,(H,16,17). The Kier molecular flexibility index (Phi) is 2.93. The largest absolute Gasteiger partial charge is 0.507 e. The Balaban J connectivity index is 2.49. The third-order valence-electron chi connectivity index (χ3n) is 3.15. The molecule has 1 atom stereocenters. The minimum Gasteiger partial charge on any atom is -0.507 e. The molecule has 92 valence electrons. The van der Waals surface area contributed by atoms with E-state index < -0.39 is 12.1 Å². The summed E-state index contributed by atoms with van der Waals surface area (Å²) in [6.07, 6.45) is -0.0671. The number of aromatic hydroxyl groups is 1. The summed E-state index contributed by atoms with van der Waals surface area (Å²) >= 11 is 0. The highest BCUT2D eigenvalue weighted by Crippen LogP contribution is 2.37. The Morgan fingerprint density at radius 1 is 1.47 bits per heavy atom. The van der Waals surface area contributed by atoms with E-state index in [-0.39, 0.29) is 11.3 Å². The molecule has 1 unspecified atom stereocenters. The monoisotopic (exact) mass is 237 g/mol. The van der Waals surface area contributed by atoms with Crippen molar-refractivity contribution in [2.75, 3.05) is 18.5 Å². The first-order valence-electron chi connectivity index (χ1n) is 5.49. The molecule has 1 aromatic rings. The number of aliphatic carboxylic acids is 1. The lowest BCUT2D eigenvalue weighted by molar-refractivity contribution is -0.147. The number of phenols is 1. The van der Waals surface area contributed by atoms with Crippen LogP contribution in [0.25, 0.3) is 0 Å². The van der Waals surface area contributed by atoms with Gasteiger partial charge in [-0.05, 0) is 18.9 Å². The van der Waals surface area contributed by atoms with E-state index in [9.17, 15) is 15.0 Å². The maximum atomic E-state index is 10.7. The van der Waals surface area contributed by atoms with Crippen molar-refractivity contribution < 1.29 is 20.1 Å². The summed E-state index contributed by atoms with van der Waals surface area (Å²) in [5.41, 5.74) is 1.68. The van der Waals surface area contributed by atoms with Gasteiger partial charge in [0.05, 0.1) is 0 Å². The van der Waals surface area contributed by atoms with Crippen molar-refractivity contribution >= 4 is 11.7 Å². The lowest BCUT2D eigenvalue weighted by atomic mass is 9.96. The van der Waals surface area contributed by atoms with Crippen LogP contribution in [0.15, 0.2) is 12.1 Å². The van der Waals surface area contributed by atoms with Gasteiger partial charge < -0.3 is 20.2 Å². The Hall–Kier alpha value is -1.75. The van der Waals surface area contributed by atoms with Crippen molar-refractivity contribution in [3.05, 3.63) is 23.3 Å². The molecule has 1 heterocycles. The molecule has 0 bridgehead atoms. The zero-order valence-electron chi connectivity index (χ0n) is 9.55. The van der Waals surface area contributed by atoms with Gasteiger partial charge in [0.2, 0.25) is 0 Å². The van der Waals surface area contributed by atoms with Crippen molar-refractivity contribution in [2.24, 2.45) is 0 Å². The molecule has 0 radical (unpaired) electrons. The van der Waals surface area contributed by atoms with Crippen LogP contribution in [0.1, 0.15) is 23.7 Å². The topological polar surface area (TPSA) is 81.0 Å². The van der Waals surface area contributed by atoms with Gasteiger partial charge in [0, 0.05) is 30.4 Å². The Morgan fingerprint density at radius 2 is 2.18 bits per heavy atom. The number of anilines is 1. The van der Waals surface area contributed by atoms with Crippen LogP contribution in [0.2, 0.25) is 0 Å². The summed E-state index contributed by atoms with van der Waals surface area (Å²) < 4.78 is 0. The normalized spacial score (nSPS) is 16.5. The number of benzene rings is 1. The van der Waals surface area contributed by atoms with E-state index in [4.69, 9.17) is 5.11 Å². The van der Waals surface area contributed by atoms with Gasteiger partial charge in [-0.3, -0.25) is 0 Å². The van der Waals surface area contributed by atoms with Gasteiger partial charge in [0.1, 0.15) is 5.75 Å². The number of carbonyl (C=O) groups is 1. The zero-order chi connectivity index (χ0) is 12.6. The van der Waals surface area contributed by atoms with Gasteiger partial charge in [-0.15, -0.1) is 0 Å². The summed E-state index contributed by atoms with van der Waals surface area (Å²) in [4.78, 5) is 12.7. The highest BCUT2D eigenvalue weighted by molar-refractivity contribution is 5.77. The Bertz CT molecular complexity index is 458. The van der Waals surface area contributed by atoms with E-state index in [0.717, 1.165) is 24.2 Å². The molecule has 5 heteroatoms. The first-order valence-corrected chi connectivity index (χ1v) is 5.49. The molecule has 3 N–H and O–H groups in total. The van der Waals surface area contributed by atoms with Gasteiger partial charge >= 0.3 is 5.97 Å². The maximum absolute atomic E-state index is 10.7. The average molecular weight is 237 g/mol. The maximum Gasteiger partial charge on any atom is 0.337 e. The molecular weight excluding hydrogens is 222 g/mol. The van der Waals surface area contributed by atoms with E-state index >= 15 is 0 Å². The van der Waals surface area contributed by atoms with Crippen LogP contribution in [0.3, 0.4) is 0 Å². The third-order valence-corrected chi connectivity index (χ3v) is 3.15. The van der Waals surface area contributed by atoms with Crippen LogP contribution >= 0.6 is 0 Å². The van der Waals surface area contributed by atoms with Gasteiger partial charge in [0.25, 0.3) is 0 Å². The second-order valence-corrected chi connectivity index (χ2v) is 4.27. The number of carboxylic acids is 1. The van der Waals surface area contributed by atoms with E-state index in [1.165, 1.54) is 6.07 Å². The molecule has 5 nitrogen and oxygen atoms in total. The number of aliphatic hydroxyl groups is 1. The highest BCUT2D eigenvalue weighted by Gasteiger charge is 2.25. The van der Waals surface area contributed by atoms with Crippen LogP contribution in [0, 0.1) is 0 Å². The third kappa shape index (κ3) is 1.93. The van der Waals surface area contributed by atoms with Gasteiger partial charge in [-0.25, -0.2) is 4.79 Å². The predicted octanol–water partition coefficient (Wildman–Crippen LogP) is 0.893. The molecule has 0 aromatic heterocycles. The molecule has 0 saturated carbocycles. The molecule has 17 heavy (non-hydrogen) atoms. The smallest absolute Gasteiger partial charge is 0.337 e. The van der Waals surface area contributed by atoms with Crippen molar-refractivity contribution in [2.45, 2.75) is 18.9 Å². The summed E-state index contributed by atoms with van der Waals surface area (Å²) in [6.45, 7) is 0.910. The minimum atomic E-state index is -1.67. The van der Waals surface area contributed by atoms with Crippen LogP contribution < -0.4 is 4.90 Å². The van der Waals surface area contributed by atoms with Gasteiger partial charge in [0.15, 0.2) is 6.10 Å². The van der Waals surface area contributed by atoms with Crippen LogP contribution in [0.5, 0.6) is 5.75 Å². The number of aliphatic hydroxyl groups excluding tert-OH is 1. The van der Waals surface area contributed by atoms with E-state index in [0.29, 0.717) is 6.42 Å². The highest BCUT2D eigenvalue weighted by atomic mass is 16.4. The first-order chi connectivity index (χ1) is 8.02. The first kappa shape index (κ1) is 11.7. The second-order valence-electron chi connectivity index (χ2n) is 4.27. The van der Waals surface area contributed by atoms with E-state index in [2.05, 4.69) is 0 Å². The number of rotatable bonds is 2. The Labute approximate surface area is 98.9 Å². The molecule has 1 aromatic carbocycles. The fraction of sp³-hybridized carbons (Fsp3) is 0.417.